The molecule has 0 spiro atoms. The van der Waals surface area contributed by atoms with Gasteiger partial charge in [0, 0.05) is 0 Å². The third-order valence-electron chi connectivity index (χ3n) is 3.69. The number of likely N-dealkylation sites (N-methyl/N-ethyl adjacent to an activating group) is 2. The Morgan fingerprint density at radius 1 is 0.938 bits per heavy atom. The first-order valence-electron chi connectivity index (χ1n) is 9.32. The van der Waals surface area contributed by atoms with Crippen LogP contribution in [-0.4, -0.2) is 70.6 Å². The Labute approximate surface area is 183 Å². The fourth-order valence-electron chi connectivity index (χ4n) is 2.12. The van der Waals surface area contributed by atoms with E-state index in [0.29, 0.717) is 0 Å². The van der Waals surface area contributed by atoms with Crippen molar-refractivity contribution in [1.82, 2.24) is 4.90 Å². The number of carboxylic acid groups (broad SMARTS) is 3. The molecule has 11 heteroatoms. The smallest absolute Gasteiger partial charge is 0.371 e. The summed E-state index contributed by atoms with van der Waals surface area (Å²) in [7, 11) is 2.11. The molecule has 11 nitrogen and oxygen atoms in total. The van der Waals surface area contributed by atoms with Crippen molar-refractivity contribution >= 4 is 24.2 Å². The van der Waals surface area contributed by atoms with E-state index >= 15 is 0 Å². The number of carboxylic acids is 3. The number of hydrogen-bond donors (Lipinski definition) is 2. The molecule has 0 amide bonds. The van der Waals surface area contributed by atoms with Crippen LogP contribution >= 0.6 is 0 Å². The van der Waals surface area contributed by atoms with Crippen molar-refractivity contribution in [2.75, 3.05) is 26.7 Å². The largest absolute Gasteiger partial charge is 0.542 e. The molecule has 0 fully saturated rings. The van der Waals surface area contributed by atoms with E-state index in [2.05, 4.69) is 43.0 Å². The van der Waals surface area contributed by atoms with Gasteiger partial charge in [0.2, 0.25) is 17.9 Å². The maximum atomic E-state index is 9.97. The highest BCUT2D eigenvalue weighted by Crippen LogP contribution is 1.98. The van der Waals surface area contributed by atoms with Gasteiger partial charge in [0.15, 0.2) is 0 Å². The van der Waals surface area contributed by atoms with Crippen LogP contribution in [0.3, 0.4) is 0 Å². The van der Waals surface area contributed by atoms with Crippen molar-refractivity contribution in [3.8, 4) is 0 Å². The molecule has 0 saturated heterocycles. The molecule has 0 radical (unpaired) electrons. The van der Waals surface area contributed by atoms with Gasteiger partial charge in [-0.15, -0.1) is 0 Å². The Morgan fingerprint density at radius 2 is 1.38 bits per heavy atom. The van der Waals surface area contributed by atoms with E-state index in [4.69, 9.17) is 10.2 Å². The number of carbonyl (C=O) groups is 3. The first kappa shape index (κ1) is 25.8. The molecule has 4 heterocycles. The lowest BCUT2D eigenvalue weighted by atomic mass is 10.5. The van der Waals surface area contributed by atoms with Gasteiger partial charge in [0.1, 0.15) is 24.8 Å². The van der Waals surface area contributed by atoms with Crippen molar-refractivity contribution in [2.45, 2.75) is 6.92 Å². The third kappa shape index (κ3) is 9.96. The minimum atomic E-state index is -1.28. The molecule has 0 unspecified atom stereocenters. The third-order valence-corrected chi connectivity index (χ3v) is 3.69. The summed E-state index contributed by atoms with van der Waals surface area (Å²) in [6.07, 6.45) is 6.10. The van der Waals surface area contributed by atoms with Gasteiger partial charge in [-0.3, -0.25) is 9.48 Å². The zero-order valence-corrected chi connectivity index (χ0v) is 17.5. The molecule has 172 valence electrons. The second-order valence-corrected chi connectivity index (χ2v) is 6.05. The lowest BCUT2D eigenvalue weighted by molar-refractivity contribution is -0.482. The Balaban J connectivity index is 0.000000213. The topological polar surface area (TPSA) is 160 Å². The molecular weight excluding hydrogens is 424 g/mol. The number of rotatable bonds is 4. The predicted molar refractivity (Wildman–Crippen MR) is 109 cm³/mol. The predicted octanol–water partition coefficient (Wildman–Crippen LogP) is 1.59. The van der Waals surface area contributed by atoms with Crippen LogP contribution in [-0.2, 0) is 0 Å². The lowest BCUT2D eigenvalue weighted by Gasteiger charge is -1.98. The number of carbonyl (C=O) groups excluding carboxylic acids is 1. The van der Waals surface area contributed by atoms with Crippen LogP contribution in [0.4, 0.5) is 0 Å². The highest BCUT2D eigenvalue weighted by molar-refractivity contribution is 5.84. The zero-order valence-electron chi connectivity index (χ0n) is 17.5. The Kier molecular flexibility index (Phi) is 11.2. The van der Waals surface area contributed by atoms with Gasteiger partial charge >= 0.3 is 11.9 Å². The number of furan rings is 3. The highest BCUT2D eigenvalue weighted by atomic mass is 16.4. The molecule has 3 aromatic heterocycles. The average molecular weight is 448 g/mol. The Morgan fingerprint density at radius 3 is 1.53 bits per heavy atom. The highest BCUT2D eigenvalue weighted by Gasteiger charge is 2.12. The molecule has 0 bridgehead atoms. The van der Waals surface area contributed by atoms with E-state index in [1.54, 1.807) is 0 Å². The van der Waals surface area contributed by atoms with Crippen molar-refractivity contribution in [1.29, 1.82) is 0 Å². The van der Waals surface area contributed by atoms with Crippen molar-refractivity contribution < 1.29 is 47.5 Å². The van der Waals surface area contributed by atoms with Gasteiger partial charge in [-0.1, -0.05) is 0 Å². The molecule has 1 aliphatic rings. The van der Waals surface area contributed by atoms with Crippen LogP contribution in [0.25, 0.3) is 0 Å². The second-order valence-electron chi connectivity index (χ2n) is 6.05. The summed E-state index contributed by atoms with van der Waals surface area (Å²) in [5.41, 5.74) is 0. The molecule has 3 aromatic rings. The standard InChI is InChI=1S/C6H13N2.3C5H4O3/c1-3-8-5-4-7(2)6-8;3*6-5(7)4-2-1-3-8-4/h6H,3-5H2,1-2H3;3*1-3H,(H,6,7)/q+1;;;/p-1. The van der Waals surface area contributed by atoms with Gasteiger partial charge in [-0.2, -0.15) is 0 Å². The monoisotopic (exact) mass is 448 g/mol. The van der Waals surface area contributed by atoms with Gasteiger partial charge in [-0.05, 0) is 43.3 Å². The normalized spacial score (nSPS) is 11.6. The number of nitrogens with zero attached hydrogens (tertiary/aromatic N) is 2. The average Bonchev–Trinajstić information content (AvgIpc) is 3.58. The molecule has 2 N–H and O–H groups in total. The van der Waals surface area contributed by atoms with Gasteiger partial charge in [0.05, 0.1) is 32.4 Å². The summed E-state index contributed by atoms with van der Waals surface area (Å²) in [6.45, 7) is 5.71. The number of aromatic carboxylic acids is 3. The van der Waals surface area contributed by atoms with E-state index in [-0.39, 0.29) is 17.3 Å². The summed E-state index contributed by atoms with van der Waals surface area (Å²) in [5, 5.41) is 26.2. The maximum Gasteiger partial charge on any atom is 0.371 e. The van der Waals surface area contributed by atoms with E-state index < -0.39 is 17.9 Å². The Bertz CT molecular complexity index is 854. The maximum absolute atomic E-state index is 9.97. The number of hydrogen-bond acceptors (Lipinski definition) is 8. The molecule has 4 rings (SSSR count). The van der Waals surface area contributed by atoms with E-state index in [1.807, 2.05) is 0 Å². The molecular formula is C21H24N2O9. The quantitative estimate of drug-likeness (QED) is 0.561. The Hall–Kier alpha value is -4.28. The van der Waals surface area contributed by atoms with E-state index in [1.165, 1.54) is 68.3 Å². The van der Waals surface area contributed by atoms with Crippen molar-refractivity contribution in [3.63, 3.8) is 0 Å². The minimum Gasteiger partial charge on any atom is -0.542 e. The van der Waals surface area contributed by atoms with Crippen molar-refractivity contribution in [3.05, 3.63) is 72.5 Å². The SMILES string of the molecule is CCN1C=[N+](C)CC1.O=C(O)c1ccco1.O=C(O)c1ccco1.O=C([O-])c1ccco1. The van der Waals surface area contributed by atoms with Crippen LogP contribution < -0.4 is 5.11 Å². The van der Waals surface area contributed by atoms with Crippen LogP contribution in [0.5, 0.6) is 0 Å². The van der Waals surface area contributed by atoms with Crippen LogP contribution in [0, 0.1) is 0 Å². The summed E-state index contributed by atoms with van der Waals surface area (Å²) in [6, 6.07) is 8.66. The van der Waals surface area contributed by atoms with Crippen LogP contribution in [0.1, 0.15) is 38.6 Å². The summed E-state index contributed by atoms with van der Waals surface area (Å²) in [5.74, 6) is -3.53. The zero-order chi connectivity index (χ0) is 23.9. The molecule has 0 aliphatic carbocycles. The summed E-state index contributed by atoms with van der Waals surface area (Å²) >= 11 is 0. The van der Waals surface area contributed by atoms with Gasteiger partial charge < -0.3 is 33.4 Å². The first-order valence-corrected chi connectivity index (χ1v) is 9.32. The second kappa shape index (κ2) is 13.9. The molecule has 1 aliphatic heterocycles. The van der Waals surface area contributed by atoms with E-state index in [9.17, 15) is 19.5 Å². The van der Waals surface area contributed by atoms with Gasteiger partial charge in [0.25, 0.3) is 0 Å². The first-order chi connectivity index (χ1) is 15.2. The lowest BCUT2D eigenvalue weighted by Crippen LogP contribution is -2.21. The van der Waals surface area contributed by atoms with Crippen LogP contribution in [0.2, 0.25) is 0 Å². The van der Waals surface area contributed by atoms with Gasteiger partial charge in [-0.25, -0.2) is 9.59 Å². The fraction of sp³-hybridized carbons (Fsp3) is 0.238. The van der Waals surface area contributed by atoms with Crippen molar-refractivity contribution in [2.24, 2.45) is 0 Å². The molecule has 0 saturated carbocycles. The van der Waals surface area contributed by atoms with Crippen LogP contribution in [0.15, 0.2) is 68.4 Å². The molecule has 0 aromatic carbocycles. The minimum absolute atomic E-state index is 0.0231. The fourth-order valence-corrected chi connectivity index (χ4v) is 2.12. The molecule has 32 heavy (non-hydrogen) atoms. The molecule has 0 atom stereocenters. The summed E-state index contributed by atoms with van der Waals surface area (Å²) in [4.78, 5) is 32.1. The van der Waals surface area contributed by atoms with E-state index in [0.717, 1.165) is 6.54 Å². The summed E-state index contributed by atoms with van der Waals surface area (Å²) < 4.78 is 15.6.